The summed E-state index contributed by atoms with van der Waals surface area (Å²) in [7, 11) is 3.75. The van der Waals surface area contributed by atoms with E-state index in [0.717, 1.165) is 10.0 Å². The van der Waals surface area contributed by atoms with Gasteiger partial charge in [0.25, 0.3) is 0 Å². The first kappa shape index (κ1) is 18.9. The lowest BCUT2D eigenvalue weighted by molar-refractivity contribution is 0.0921. The van der Waals surface area contributed by atoms with Crippen molar-refractivity contribution in [1.29, 1.82) is 0 Å². The molecule has 7 nitrogen and oxygen atoms in total. The van der Waals surface area contributed by atoms with Gasteiger partial charge in [0.1, 0.15) is 5.75 Å². The fourth-order valence-electron chi connectivity index (χ4n) is 2.44. The average molecular weight is 430 g/mol. The van der Waals surface area contributed by atoms with Crippen molar-refractivity contribution in [3.8, 4) is 5.75 Å². The fourth-order valence-corrected chi connectivity index (χ4v) is 2.70. The number of Topliss-reactive ketones (excluding diaryl/α,β-unsaturated/α-hetero) is 1. The molecule has 0 saturated heterocycles. The summed E-state index contributed by atoms with van der Waals surface area (Å²) in [5.41, 5.74) is 7.32. The van der Waals surface area contributed by atoms with Gasteiger partial charge in [0.05, 0.1) is 0 Å². The maximum Gasteiger partial charge on any atom is 0.202 e. The zero-order chi connectivity index (χ0) is 19.4. The molecule has 0 fully saturated rings. The molecule has 1 unspecified atom stereocenters. The Hall–Kier alpha value is -2.87. The SMILES string of the molecule is CN(C)C1=NC(c2ccc(OCC(=O)c3ccc(Br)cc3)cc2)N=C(N)N1. The predicted octanol–water partition coefficient (Wildman–Crippen LogP) is 2.54. The minimum absolute atomic E-state index is 0.0254. The molecule has 0 aliphatic carbocycles. The molecule has 3 rings (SSSR count). The van der Waals surface area contributed by atoms with E-state index >= 15 is 0 Å². The topological polar surface area (TPSA) is 92.3 Å². The Labute approximate surface area is 166 Å². The summed E-state index contributed by atoms with van der Waals surface area (Å²) in [4.78, 5) is 22.8. The number of nitrogens with one attached hydrogen (secondary N) is 1. The third kappa shape index (κ3) is 4.85. The molecule has 1 aliphatic rings. The van der Waals surface area contributed by atoms with Gasteiger partial charge >= 0.3 is 0 Å². The van der Waals surface area contributed by atoms with Crippen LogP contribution in [-0.4, -0.2) is 43.3 Å². The number of benzene rings is 2. The Kier molecular flexibility index (Phi) is 5.75. The van der Waals surface area contributed by atoms with Crippen LogP contribution in [0.2, 0.25) is 0 Å². The monoisotopic (exact) mass is 429 g/mol. The molecule has 1 atom stereocenters. The molecule has 0 bridgehead atoms. The Morgan fingerprint density at radius 2 is 1.81 bits per heavy atom. The summed E-state index contributed by atoms with van der Waals surface area (Å²) >= 11 is 3.35. The number of guanidine groups is 2. The van der Waals surface area contributed by atoms with E-state index in [4.69, 9.17) is 10.5 Å². The molecular weight excluding hydrogens is 410 g/mol. The van der Waals surface area contributed by atoms with Gasteiger partial charge in [-0.25, -0.2) is 9.98 Å². The Morgan fingerprint density at radius 3 is 2.44 bits per heavy atom. The Balaban J connectivity index is 1.64. The lowest BCUT2D eigenvalue weighted by atomic mass is 10.1. The van der Waals surface area contributed by atoms with Crippen molar-refractivity contribution in [2.75, 3.05) is 20.7 Å². The zero-order valence-corrected chi connectivity index (χ0v) is 16.6. The normalized spacial score (nSPS) is 16.0. The van der Waals surface area contributed by atoms with E-state index in [2.05, 4.69) is 31.2 Å². The molecule has 0 saturated carbocycles. The summed E-state index contributed by atoms with van der Waals surface area (Å²) in [6.07, 6.45) is -0.415. The summed E-state index contributed by atoms with van der Waals surface area (Å²) in [6.45, 7) is -0.0254. The van der Waals surface area contributed by atoms with E-state index in [-0.39, 0.29) is 12.4 Å². The van der Waals surface area contributed by atoms with E-state index in [1.807, 2.05) is 43.3 Å². The number of aliphatic imine (C=N–C) groups is 2. The van der Waals surface area contributed by atoms with Gasteiger partial charge in [0.15, 0.2) is 24.5 Å². The third-order valence-electron chi connectivity index (χ3n) is 3.88. The van der Waals surface area contributed by atoms with Crippen LogP contribution in [0.15, 0.2) is 63.0 Å². The number of nitrogens with zero attached hydrogens (tertiary/aromatic N) is 3. The van der Waals surface area contributed by atoms with E-state index in [1.165, 1.54) is 0 Å². The molecule has 27 heavy (non-hydrogen) atoms. The highest BCUT2D eigenvalue weighted by atomic mass is 79.9. The van der Waals surface area contributed by atoms with Crippen LogP contribution in [0.1, 0.15) is 22.1 Å². The minimum Gasteiger partial charge on any atom is -0.485 e. The molecule has 2 aromatic rings. The first-order valence-electron chi connectivity index (χ1n) is 8.29. The van der Waals surface area contributed by atoms with Crippen LogP contribution in [0, 0.1) is 0 Å². The zero-order valence-electron chi connectivity index (χ0n) is 15.0. The fraction of sp³-hybridized carbons (Fsp3) is 0.211. The highest BCUT2D eigenvalue weighted by Crippen LogP contribution is 2.23. The number of halogens is 1. The van der Waals surface area contributed by atoms with E-state index in [0.29, 0.717) is 23.2 Å². The van der Waals surface area contributed by atoms with Crippen LogP contribution >= 0.6 is 15.9 Å². The lowest BCUT2D eigenvalue weighted by Gasteiger charge is -2.23. The van der Waals surface area contributed by atoms with Gasteiger partial charge in [-0.2, -0.15) is 0 Å². The molecular formula is C19H20BrN5O2. The average Bonchev–Trinajstić information content (AvgIpc) is 2.66. The van der Waals surface area contributed by atoms with Crippen molar-refractivity contribution in [3.63, 3.8) is 0 Å². The van der Waals surface area contributed by atoms with Crippen molar-refractivity contribution < 1.29 is 9.53 Å². The lowest BCUT2D eigenvalue weighted by Crippen LogP contribution is -2.46. The number of hydrogen-bond donors (Lipinski definition) is 2. The number of hydrogen-bond acceptors (Lipinski definition) is 7. The molecule has 2 aromatic carbocycles. The Morgan fingerprint density at radius 1 is 1.15 bits per heavy atom. The molecule has 140 valence electrons. The molecule has 8 heteroatoms. The number of carbonyl (C=O) groups is 1. The maximum absolute atomic E-state index is 12.2. The van der Waals surface area contributed by atoms with E-state index in [1.54, 1.807) is 24.3 Å². The smallest absolute Gasteiger partial charge is 0.202 e. The summed E-state index contributed by atoms with van der Waals surface area (Å²) in [6, 6.07) is 14.5. The van der Waals surface area contributed by atoms with Gasteiger partial charge in [-0.1, -0.05) is 40.2 Å². The second-order valence-electron chi connectivity index (χ2n) is 6.15. The van der Waals surface area contributed by atoms with E-state index < -0.39 is 6.17 Å². The van der Waals surface area contributed by atoms with E-state index in [9.17, 15) is 4.79 Å². The van der Waals surface area contributed by atoms with Crippen LogP contribution in [0.5, 0.6) is 5.75 Å². The van der Waals surface area contributed by atoms with Gasteiger partial charge in [-0.05, 0) is 29.8 Å². The first-order valence-corrected chi connectivity index (χ1v) is 9.08. The standard InChI is InChI=1S/C19H20BrN5O2/c1-25(2)19-23-17(22-18(21)24-19)13-5-9-15(10-6-13)27-11-16(26)12-3-7-14(20)8-4-12/h3-10,17H,11H2,1-2H3,(H3,21,22,23,24). The summed E-state index contributed by atoms with van der Waals surface area (Å²) in [5, 5.41) is 2.92. The molecule has 3 N–H and O–H groups in total. The number of ether oxygens (including phenoxy) is 1. The van der Waals surface area contributed by atoms with Gasteiger partial charge in [-0.3, -0.25) is 10.1 Å². The highest BCUT2D eigenvalue weighted by molar-refractivity contribution is 9.10. The second kappa shape index (κ2) is 8.22. The molecule has 1 heterocycles. The number of carbonyl (C=O) groups excluding carboxylic acids is 1. The molecule has 1 aliphatic heterocycles. The van der Waals surface area contributed by atoms with Crippen LogP contribution in [0.3, 0.4) is 0 Å². The second-order valence-corrected chi connectivity index (χ2v) is 7.06. The van der Waals surface area contributed by atoms with Gasteiger partial charge in [0.2, 0.25) is 5.96 Å². The van der Waals surface area contributed by atoms with Crippen molar-refractivity contribution in [2.45, 2.75) is 6.17 Å². The van der Waals surface area contributed by atoms with Gasteiger partial charge in [0, 0.05) is 24.1 Å². The van der Waals surface area contributed by atoms with Crippen molar-refractivity contribution in [3.05, 3.63) is 64.1 Å². The highest BCUT2D eigenvalue weighted by Gasteiger charge is 2.18. The number of rotatable bonds is 5. The summed E-state index contributed by atoms with van der Waals surface area (Å²) in [5.74, 6) is 1.49. The molecule has 0 spiro atoms. The quantitative estimate of drug-likeness (QED) is 0.712. The molecule has 0 amide bonds. The first-order chi connectivity index (χ1) is 12.9. The van der Waals surface area contributed by atoms with Gasteiger partial charge in [-0.15, -0.1) is 0 Å². The Bertz CT molecular complexity index is 876. The molecule has 0 radical (unpaired) electrons. The predicted molar refractivity (Wildman–Crippen MR) is 109 cm³/mol. The van der Waals surface area contributed by atoms with Crippen LogP contribution in [0.4, 0.5) is 0 Å². The third-order valence-corrected chi connectivity index (χ3v) is 4.41. The van der Waals surface area contributed by atoms with Crippen LogP contribution in [-0.2, 0) is 0 Å². The molecule has 0 aromatic heterocycles. The van der Waals surface area contributed by atoms with Crippen LogP contribution in [0.25, 0.3) is 0 Å². The van der Waals surface area contributed by atoms with Crippen molar-refractivity contribution in [2.24, 2.45) is 15.7 Å². The number of ketones is 1. The van der Waals surface area contributed by atoms with Gasteiger partial charge < -0.3 is 15.4 Å². The van der Waals surface area contributed by atoms with Crippen LogP contribution < -0.4 is 15.8 Å². The van der Waals surface area contributed by atoms with Crippen molar-refractivity contribution >= 4 is 33.6 Å². The largest absolute Gasteiger partial charge is 0.485 e. The van der Waals surface area contributed by atoms with Crippen molar-refractivity contribution in [1.82, 2.24) is 10.2 Å². The minimum atomic E-state index is -0.415. The maximum atomic E-state index is 12.2. The summed E-state index contributed by atoms with van der Waals surface area (Å²) < 4.78 is 6.52. The number of nitrogens with two attached hydrogens (primary N) is 1.